The lowest BCUT2D eigenvalue weighted by molar-refractivity contribution is 0.468. The van der Waals surface area contributed by atoms with Gasteiger partial charge in [0.05, 0.1) is 0 Å². The molecule has 0 unspecified atom stereocenters. The van der Waals surface area contributed by atoms with E-state index in [1.54, 1.807) is 36.4 Å². The molecule has 0 amide bonds. The predicted octanol–water partition coefficient (Wildman–Crippen LogP) is 3.13. The predicted molar refractivity (Wildman–Crippen MR) is 162 cm³/mol. The van der Waals surface area contributed by atoms with Crippen LogP contribution < -0.4 is 22.1 Å². The van der Waals surface area contributed by atoms with E-state index in [9.17, 15) is 15.3 Å². The van der Waals surface area contributed by atoms with Crippen LogP contribution in [0.2, 0.25) is 0 Å². The highest BCUT2D eigenvalue weighted by Gasteiger charge is 2.10. The molecule has 220 valence electrons. The molecule has 0 radical (unpaired) electrons. The number of phenolic OH excluding ortho intramolecular Hbond substituents is 3. The van der Waals surface area contributed by atoms with Crippen molar-refractivity contribution in [2.75, 3.05) is 22.1 Å². The van der Waals surface area contributed by atoms with Gasteiger partial charge >= 0.3 is 0 Å². The van der Waals surface area contributed by atoms with Gasteiger partial charge in [0.15, 0.2) is 0 Å². The molecule has 0 aliphatic carbocycles. The Hall–Kier alpha value is -5.72. The first kappa shape index (κ1) is 28.8. The van der Waals surface area contributed by atoms with Crippen LogP contribution >= 0.6 is 0 Å². The number of hydrogen-bond acceptors (Lipinski definition) is 13. The van der Waals surface area contributed by atoms with Crippen molar-refractivity contribution in [3.8, 4) is 17.2 Å². The van der Waals surface area contributed by atoms with Crippen LogP contribution in [0.4, 0.5) is 23.8 Å². The highest BCUT2D eigenvalue weighted by Crippen LogP contribution is 2.22. The van der Waals surface area contributed by atoms with Crippen LogP contribution in [0.25, 0.3) is 0 Å². The molecule has 0 fully saturated rings. The van der Waals surface area contributed by atoms with Crippen LogP contribution in [0.1, 0.15) is 33.9 Å². The number of nitrogens with one attached hydrogen (secondary N) is 2. The molecule has 0 saturated heterocycles. The Balaban J connectivity index is 1.19. The van der Waals surface area contributed by atoms with Crippen LogP contribution in [-0.2, 0) is 38.8 Å². The molecule has 0 aliphatic rings. The summed E-state index contributed by atoms with van der Waals surface area (Å²) in [5.74, 6) is 2.38. The molecule has 2 heterocycles. The van der Waals surface area contributed by atoms with Gasteiger partial charge in [0, 0.05) is 37.1 Å². The van der Waals surface area contributed by atoms with E-state index in [1.165, 1.54) is 0 Å². The Morgan fingerprint density at radius 1 is 0.535 bits per heavy atom. The zero-order valence-corrected chi connectivity index (χ0v) is 23.3. The number of aryl methyl sites for hydroxylation is 4. The summed E-state index contributed by atoms with van der Waals surface area (Å²) >= 11 is 0. The average molecular weight is 581 g/mol. The fourth-order valence-electron chi connectivity index (χ4n) is 4.38. The van der Waals surface area contributed by atoms with Crippen LogP contribution in [0.3, 0.4) is 0 Å². The number of aromatic hydroxyl groups is 3. The third-order valence-corrected chi connectivity index (χ3v) is 6.62. The lowest BCUT2D eigenvalue weighted by Crippen LogP contribution is -2.11. The van der Waals surface area contributed by atoms with E-state index in [0.717, 1.165) is 11.1 Å². The minimum Gasteiger partial charge on any atom is -0.508 e. The topological polar surface area (TPSA) is 214 Å². The molecular formula is C30H32N10O3. The Morgan fingerprint density at radius 3 is 1.77 bits per heavy atom. The summed E-state index contributed by atoms with van der Waals surface area (Å²) in [6.07, 6.45) is 2.45. The van der Waals surface area contributed by atoms with Crippen molar-refractivity contribution < 1.29 is 15.3 Å². The van der Waals surface area contributed by atoms with E-state index in [1.807, 2.05) is 30.3 Å². The van der Waals surface area contributed by atoms with Crippen molar-refractivity contribution in [3.63, 3.8) is 0 Å². The highest BCUT2D eigenvalue weighted by molar-refractivity contribution is 5.44. The zero-order valence-electron chi connectivity index (χ0n) is 23.3. The summed E-state index contributed by atoms with van der Waals surface area (Å²) in [5.41, 5.74) is 15.2. The molecule has 0 saturated carbocycles. The summed E-state index contributed by atoms with van der Waals surface area (Å²) < 4.78 is 0. The second-order valence-corrected chi connectivity index (χ2v) is 9.83. The van der Waals surface area contributed by atoms with Gasteiger partial charge in [-0.3, -0.25) is 0 Å². The van der Waals surface area contributed by atoms with Gasteiger partial charge < -0.3 is 37.4 Å². The monoisotopic (exact) mass is 580 g/mol. The Bertz CT molecular complexity index is 1700. The maximum atomic E-state index is 10.5. The first-order chi connectivity index (χ1) is 20.8. The smallest absolute Gasteiger partial charge is 0.229 e. The summed E-state index contributed by atoms with van der Waals surface area (Å²) in [5, 5.41) is 36.0. The second kappa shape index (κ2) is 13.3. The second-order valence-electron chi connectivity index (χ2n) is 9.83. The SMILES string of the molecule is Nc1nc(CCc2ccc(O)cc2)nc(CCc2ccc(O)c(CNc3nc(N)nc(NCc4ccccc4O)n3)c2)n1. The first-order valence-electron chi connectivity index (χ1n) is 13.6. The van der Waals surface area contributed by atoms with Crippen molar-refractivity contribution in [3.05, 3.63) is 101 Å². The molecule has 0 aliphatic heterocycles. The van der Waals surface area contributed by atoms with E-state index in [-0.39, 0.29) is 47.6 Å². The van der Waals surface area contributed by atoms with Gasteiger partial charge in [0.1, 0.15) is 28.9 Å². The Kier molecular flexibility index (Phi) is 8.90. The maximum absolute atomic E-state index is 10.5. The van der Waals surface area contributed by atoms with Crippen molar-refractivity contribution in [2.24, 2.45) is 0 Å². The van der Waals surface area contributed by atoms with Gasteiger partial charge in [-0.2, -0.15) is 24.9 Å². The summed E-state index contributed by atoms with van der Waals surface area (Å²) in [4.78, 5) is 25.7. The standard InChI is InChI=1S/C30H32N10O3/c31-27-36-25(13-8-18-5-10-22(41)11-6-18)35-26(37-27)14-9-19-7-12-24(43)21(15-19)17-34-30-39-28(32)38-29(40-30)33-16-20-3-1-2-4-23(20)42/h1-7,10-12,15,41-43H,8-9,13-14,16-17H2,(H2,31,35,36,37)(H4,32,33,34,38,39,40). The molecule has 5 rings (SSSR count). The molecule has 0 atom stereocenters. The molecule has 9 N–H and O–H groups in total. The molecule has 0 spiro atoms. The molecule has 2 aromatic heterocycles. The number of hydrogen-bond donors (Lipinski definition) is 7. The number of nitrogens with zero attached hydrogens (tertiary/aromatic N) is 6. The summed E-state index contributed by atoms with van der Waals surface area (Å²) in [7, 11) is 0. The van der Waals surface area contributed by atoms with E-state index in [2.05, 4.69) is 40.5 Å². The lowest BCUT2D eigenvalue weighted by Gasteiger charge is -2.11. The molecule has 3 aromatic carbocycles. The Labute approximate surface area is 247 Å². The normalized spacial score (nSPS) is 10.9. The molecule has 13 heteroatoms. The fraction of sp³-hybridized carbons (Fsp3) is 0.200. The van der Waals surface area contributed by atoms with Gasteiger partial charge in [0.2, 0.25) is 23.8 Å². The highest BCUT2D eigenvalue weighted by atomic mass is 16.3. The number of para-hydroxylation sites is 1. The third kappa shape index (κ3) is 8.16. The number of benzene rings is 3. The molecule has 5 aromatic rings. The summed E-state index contributed by atoms with van der Waals surface area (Å²) in [6, 6.07) is 19.4. The van der Waals surface area contributed by atoms with Gasteiger partial charge in [-0.1, -0.05) is 42.5 Å². The van der Waals surface area contributed by atoms with E-state index in [4.69, 9.17) is 11.5 Å². The minimum absolute atomic E-state index is 0.0225. The van der Waals surface area contributed by atoms with Crippen molar-refractivity contribution in [2.45, 2.75) is 38.8 Å². The van der Waals surface area contributed by atoms with Crippen LogP contribution in [0, 0.1) is 0 Å². The molecular weight excluding hydrogens is 548 g/mol. The largest absolute Gasteiger partial charge is 0.508 e. The number of nitrogens with two attached hydrogens (primary N) is 2. The zero-order chi connectivity index (χ0) is 30.2. The van der Waals surface area contributed by atoms with Gasteiger partial charge in [-0.05, 0) is 48.2 Å². The number of aromatic nitrogens is 6. The van der Waals surface area contributed by atoms with Crippen molar-refractivity contribution in [1.82, 2.24) is 29.9 Å². The molecule has 43 heavy (non-hydrogen) atoms. The van der Waals surface area contributed by atoms with Crippen molar-refractivity contribution in [1.29, 1.82) is 0 Å². The van der Waals surface area contributed by atoms with Crippen LogP contribution in [-0.4, -0.2) is 45.2 Å². The average Bonchev–Trinajstić information content (AvgIpc) is 2.99. The quantitative estimate of drug-likeness (QED) is 0.113. The van der Waals surface area contributed by atoms with E-state index in [0.29, 0.717) is 55.0 Å². The number of anilines is 4. The fourth-order valence-corrected chi connectivity index (χ4v) is 4.38. The maximum Gasteiger partial charge on any atom is 0.229 e. The number of phenols is 3. The van der Waals surface area contributed by atoms with Gasteiger partial charge in [0.25, 0.3) is 0 Å². The van der Waals surface area contributed by atoms with Gasteiger partial charge in [-0.25, -0.2) is 4.98 Å². The van der Waals surface area contributed by atoms with Crippen LogP contribution in [0.5, 0.6) is 17.2 Å². The first-order valence-corrected chi connectivity index (χ1v) is 13.6. The molecule has 0 bridgehead atoms. The number of rotatable bonds is 12. The van der Waals surface area contributed by atoms with Gasteiger partial charge in [-0.15, -0.1) is 0 Å². The third-order valence-electron chi connectivity index (χ3n) is 6.62. The summed E-state index contributed by atoms with van der Waals surface area (Å²) in [6.45, 7) is 0.535. The lowest BCUT2D eigenvalue weighted by atomic mass is 10.0. The molecule has 13 nitrogen and oxygen atoms in total. The Morgan fingerprint density at radius 2 is 1.09 bits per heavy atom. The van der Waals surface area contributed by atoms with E-state index >= 15 is 0 Å². The number of nitrogen functional groups attached to an aromatic ring is 2. The van der Waals surface area contributed by atoms with Crippen LogP contribution in [0.15, 0.2) is 66.7 Å². The minimum atomic E-state index is 0.0225. The van der Waals surface area contributed by atoms with Crippen molar-refractivity contribution >= 4 is 23.8 Å². The van der Waals surface area contributed by atoms with E-state index < -0.39 is 0 Å².